The monoisotopic (exact) mass is 544 g/mol. The minimum Gasteiger partial charge on any atom is -0.355 e. The van der Waals surface area contributed by atoms with Crippen molar-refractivity contribution in [3.8, 4) is 0 Å². The molecule has 7 heteroatoms. The first-order valence-electron chi connectivity index (χ1n) is 11.3. The third-order valence-electron chi connectivity index (χ3n) is 5.86. The molecule has 3 aromatic rings. The van der Waals surface area contributed by atoms with Gasteiger partial charge in [-0.3, -0.25) is 4.99 Å². The lowest BCUT2D eigenvalue weighted by atomic mass is 9.88. The maximum absolute atomic E-state index is 4.88. The van der Waals surface area contributed by atoms with E-state index in [-0.39, 0.29) is 24.0 Å². The standard InChI is InChI=1S/C25H32N6.HI/c1-2-24-30-28-19-31(24)17-16-27-25(26-15-14-20-8-4-3-5-9-20)29-23-13-12-21-10-6-7-11-22(21)18-23;/h3-11,19,23H,2,12-18H2,1H3,(H2,26,27,29);1H. The summed E-state index contributed by atoms with van der Waals surface area (Å²) >= 11 is 0. The summed E-state index contributed by atoms with van der Waals surface area (Å²) in [5.41, 5.74) is 4.25. The van der Waals surface area contributed by atoms with Crippen molar-refractivity contribution < 1.29 is 0 Å². The number of halogens is 1. The Bertz CT molecular complexity index is 985. The van der Waals surface area contributed by atoms with Crippen molar-refractivity contribution in [2.24, 2.45) is 4.99 Å². The molecule has 170 valence electrons. The maximum Gasteiger partial charge on any atom is 0.191 e. The maximum atomic E-state index is 4.88. The summed E-state index contributed by atoms with van der Waals surface area (Å²) in [4.78, 5) is 4.88. The van der Waals surface area contributed by atoms with Crippen LogP contribution in [0.15, 0.2) is 65.9 Å². The van der Waals surface area contributed by atoms with E-state index in [0.717, 1.165) is 63.5 Å². The molecule has 2 N–H and O–H groups in total. The number of hydrogen-bond acceptors (Lipinski definition) is 3. The van der Waals surface area contributed by atoms with Gasteiger partial charge in [0.2, 0.25) is 0 Å². The van der Waals surface area contributed by atoms with E-state index in [1.807, 2.05) is 0 Å². The van der Waals surface area contributed by atoms with Gasteiger partial charge in [0.25, 0.3) is 0 Å². The molecule has 1 heterocycles. The minimum atomic E-state index is 0. The fraction of sp³-hybridized carbons (Fsp3) is 0.400. The number of benzene rings is 2. The Morgan fingerprint density at radius 1 is 1.09 bits per heavy atom. The predicted octanol–water partition coefficient (Wildman–Crippen LogP) is 3.79. The second-order valence-electron chi connectivity index (χ2n) is 8.04. The third kappa shape index (κ3) is 6.79. The highest BCUT2D eigenvalue weighted by Gasteiger charge is 2.19. The van der Waals surface area contributed by atoms with Crippen LogP contribution in [0.25, 0.3) is 0 Å². The number of aliphatic imine (C=N–C) groups is 1. The number of rotatable bonds is 8. The molecule has 0 spiro atoms. The van der Waals surface area contributed by atoms with Crippen molar-refractivity contribution in [2.75, 3.05) is 13.1 Å². The number of aromatic nitrogens is 3. The first-order valence-corrected chi connectivity index (χ1v) is 11.3. The summed E-state index contributed by atoms with van der Waals surface area (Å²) in [5, 5.41) is 15.4. The topological polar surface area (TPSA) is 67.1 Å². The van der Waals surface area contributed by atoms with Gasteiger partial charge in [0, 0.05) is 32.1 Å². The molecule has 1 aliphatic rings. The van der Waals surface area contributed by atoms with E-state index < -0.39 is 0 Å². The van der Waals surface area contributed by atoms with E-state index in [4.69, 9.17) is 4.99 Å². The Hall–Kier alpha value is -2.42. The summed E-state index contributed by atoms with van der Waals surface area (Å²) in [6, 6.07) is 19.7. The first kappa shape index (κ1) is 24.2. The van der Waals surface area contributed by atoms with Crippen LogP contribution in [-0.2, 0) is 32.2 Å². The Kier molecular flexibility index (Phi) is 9.52. The summed E-state index contributed by atoms with van der Waals surface area (Å²) in [5.74, 6) is 1.91. The number of guanidine groups is 1. The van der Waals surface area contributed by atoms with E-state index >= 15 is 0 Å². The molecule has 6 nitrogen and oxygen atoms in total. The van der Waals surface area contributed by atoms with Crippen LogP contribution in [-0.4, -0.2) is 39.9 Å². The molecule has 1 aromatic heterocycles. The van der Waals surface area contributed by atoms with Gasteiger partial charge in [-0.2, -0.15) is 0 Å². The normalized spacial score (nSPS) is 15.5. The molecule has 1 atom stereocenters. The zero-order chi connectivity index (χ0) is 21.3. The van der Waals surface area contributed by atoms with Crippen LogP contribution >= 0.6 is 24.0 Å². The second-order valence-corrected chi connectivity index (χ2v) is 8.04. The lowest BCUT2D eigenvalue weighted by Crippen LogP contribution is -2.46. The van der Waals surface area contributed by atoms with Gasteiger partial charge in [0.1, 0.15) is 12.2 Å². The Morgan fingerprint density at radius 2 is 1.88 bits per heavy atom. The second kappa shape index (κ2) is 12.6. The number of hydrogen-bond donors (Lipinski definition) is 2. The van der Waals surface area contributed by atoms with Crippen LogP contribution in [0.5, 0.6) is 0 Å². The molecular weight excluding hydrogens is 511 g/mol. The highest BCUT2D eigenvalue weighted by atomic mass is 127. The van der Waals surface area contributed by atoms with Crippen molar-refractivity contribution >= 4 is 29.9 Å². The molecule has 1 aliphatic carbocycles. The van der Waals surface area contributed by atoms with Crippen molar-refractivity contribution in [3.63, 3.8) is 0 Å². The van der Waals surface area contributed by atoms with Crippen molar-refractivity contribution in [1.29, 1.82) is 0 Å². The van der Waals surface area contributed by atoms with Crippen molar-refractivity contribution in [3.05, 3.63) is 83.4 Å². The largest absolute Gasteiger partial charge is 0.355 e. The fourth-order valence-corrected chi connectivity index (χ4v) is 4.14. The molecule has 0 amide bonds. The van der Waals surface area contributed by atoms with Crippen LogP contribution in [0.2, 0.25) is 0 Å². The zero-order valence-electron chi connectivity index (χ0n) is 18.7. The van der Waals surface area contributed by atoms with Crippen molar-refractivity contribution in [2.45, 2.75) is 51.6 Å². The van der Waals surface area contributed by atoms with E-state index in [0.29, 0.717) is 6.04 Å². The van der Waals surface area contributed by atoms with Gasteiger partial charge >= 0.3 is 0 Å². The number of fused-ring (bicyclic) bond motifs is 1. The van der Waals surface area contributed by atoms with Crippen LogP contribution < -0.4 is 10.6 Å². The Labute approximate surface area is 208 Å². The fourth-order valence-electron chi connectivity index (χ4n) is 4.14. The third-order valence-corrected chi connectivity index (χ3v) is 5.86. The smallest absolute Gasteiger partial charge is 0.191 e. The molecule has 4 rings (SSSR count). The molecule has 0 saturated heterocycles. The van der Waals surface area contributed by atoms with E-state index in [9.17, 15) is 0 Å². The molecule has 0 bridgehead atoms. The van der Waals surface area contributed by atoms with Gasteiger partial charge in [-0.15, -0.1) is 34.2 Å². The van der Waals surface area contributed by atoms with Gasteiger partial charge in [-0.25, -0.2) is 0 Å². The van der Waals surface area contributed by atoms with Crippen LogP contribution in [0.4, 0.5) is 0 Å². The van der Waals surface area contributed by atoms with E-state index in [1.54, 1.807) is 6.33 Å². The molecule has 0 radical (unpaired) electrons. The number of nitrogens with one attached hydrogen (secondary N) is 2. The zero-order valence-corrected chi connectivity index (χ0v) is 21.0. The molecular formula is C25H33IN6. The van der Waals surface area contributed by atoms with Crippen LogP contribution in [0.1, 0.15) is 35.9 Å². The van der Waals surface area contributed by atoms with Gasteiger partial charge < -0.3 is 15.2 Å². The van der Waals surface area contributed by atoms with E-state index in [2.05, 4.69) is 86.9 Å². The molecule has 32 heavy (non-hydrogen) atoms. The molecule has 1 unspecified atom stereocenters. The SMILES string of the molecule is CCc1nncn1CCNC(=NCCc1ccccc1)NC1CCc2ccccc2C1.I. The van der Waals surface area contributed by atoms with Crippen LogP contribution in [0, 0.1) is 0 Å². The number of aryl methyl sites for hydroxylation is 2. The minimum absolute atomic E-state index is 0. The quantitative estimate of drug-likeness (QED) is 0.257. The summed E-state index contributed by atoms with van der Waals surface area (Å²) in [7, 11) is 0. The van der Waals surface area contributed by atoms with Gasteiger partial charge in [0.05, 0.1) is 0 Å². The molecule has 2 aromatic carbocycles. The lowest BCUT2D eigenvalue weighted by molar-refractivity contribution is 0.517. The predicted molar refractivity (Wildman–Crippen MR) is 141 cm³/mol. The summed E-state index contributed by atoms with van der Waals surface area (Å²) < 4.78 is 2.10. The first-order chi connectivity index (χ1) is 15.3. The molecule has 0 saturated carbocycles. The van der Waals surface area contributed by atoms with Gasteiger partial charge in [-0.05, 0) is 42.4 Å². The van der Waals surface area contributed by atoms with Gasteiger partial charge in [-0.1, -0.05) is 61.5 Å². The van der Waals surface area contributed by atoms with Crippen LogP contribution in [0.3, 0.4) is 0 Å². The molecule has 0 fully saturated rings. The van der Waals surface area contributed by atoms with Gasteiger partial charge in [0.15, 0.2) is 5.96 Å². The summed E-state index contributed by atoms with van der Waals surface area (Å²) in [6.45, 7) is 4.47. The Balaban J connectivity index is 0.00000289. The number of nitrogens with zero attached hydrogens (tertiary/aromatic N) is 4. The Morgan fingerprint density at radius 3 is 2.69 bits per heavy atom. The lowest BCUT2D eigenvalue weighted by Gasteiger charge is -2.27. The average molecular weight is 544 g/mol. The van der Waals surface area contributed by atoms with Crippen molar-refractivity contribution in [1.82, 2.24) is 25.4 Å². The molecule has 0 aliphatic heterocycles. The van der Waals surface area contributed by atoms with E-state index in [1.165, 1.54) is 16.7 Å². The average Bonchev–Trinajstić information content (AvgIpc) is 3.27. The highest BCUT2D eigenvalue weighted by Crippen LogP contribution is 2.20. The highest BCUT2D eigenvalue weighted by molar-refractivity contribution is 14.0. The summed E-state index contributed by atoms with van der Waals surface area (Å²) in [6.07, 6.45) is 6.91.